The van der Waals surface area contributed by atoms with Gasteiger partial charge in [-0.1, -0.05) is 13.8 Å². The number of hydrogen-bond donors (Lipinski definition) is 0. The smallest absolute Gasteiger partial charge is 0.213 e. The van der Waals surface area contributed by atoms with E-state index < -0.39 is 10.8 Å². The Kier molecular flexibility index (Phi) is 3.71. The van der Waals surface area contributed by atoms with Crippen molar-refractivity contribution in [1.82, 2.24) is 0 Å². The fraction of sp³-hybridized carbons (Fsp3) is 0.857. The van der Waals surface area contributed by atoms with Crippen molar-refractivity contribution in [3.63, 3.8) is 0 Å². The van der Waals surface area contributed by atoms with Crippen LogP contribution in [-0.4, -0.2) is 17.3 Å². The van der Waals surface area contributed by atoms with Crippen molar-refractivity contribution < 1.29 is 9.72 Å². The molecular formula is C7H13NO3. The number of ketones is 1. The lowest BCUT2D eigenvalue weighted by Gasteiger charge is -2.11. The molecule has 4 nitrogen and oxygen atoms in total. The van der Waals surface area contributed by atoms with Crippen LogP contribution in [0.2, 0.25) is 0 Å². The molecule has 11 heavy (non-hydrogen) atoms. The number of rotatable bonds is 4. The second-order valence-electron chi connectivity index (χ2n) is 2.98. The molecule has 0 amide bonds. The molecule has 0 heterocycles. The molecule has 0 unspecified atom stereocenters. The Morgan fingerprint density at radius 2 is 2.00 bits per heavy atom. The van der Waals surface area contributed by atoms with Gasteiger partial charge in [0.15, 0.2) is 0 Å². The first-order valence-corrected chi connectivity index (χ1v) is 3.57. The summed E-state index contributed by atoms with van der Waals surface area (Å²) in [5, 5.41) is 10.1. The maximum Gasteiger partial charge on any atom is 0.213 e. The summed E-state index contributed by atoms with van der Waals surface area (Å²) >= 11 is 0. The van der Waals surface area contributed by atoms with Gasteiger partial charge >= 0.3 is 0 Å². The lowest BCUT2D eigenvalue weighted by atomic mass is 9.92. The molecule has 0 aliphatic carbocycles. The van der Waals surface area contributed by atoms with E-state index in [1.54, 1.807) is 0 Å². The summed E-state index contributed by atoms with van der Waals surface area (Å²) in [6, 6.07) is 0. The number of Topliss-reactive ketones (excluding diaryl/α,β-unsaturated/α-hetero) is 1. The summed E-state index contributed by atoms with van der Waals surface area (Å²) in [7, 11) is 0. The summed E-state index contributed by atoms with van der Waals surface area (Å²) in [5.74, 6) is -0.473. The average Bonchev–Trinajstić information content (AvgIpc) is 1.81. The lowest BCUT2D eigenvalue weighted by Crippen LogP contribution is -2.25. The number of carbonyl (C=O) groups excluding carboxylic acids is 1. The average molecular weight is 159 g/mol. The Labute approximate surface area is 65.7 Å². The highest BCUT2D eigenvalue weighted by Gasteiger charge is 2.23. The van der Waals surface area contributed by atoms with Crippen LogP contribution in [0.25, 0.3) is 0 Å². The second kappa shape index (κ2) is 4.05. The first kappa shape index (κ1) is 10.1. The van der Waals surface area contributed by atoms with E-state index in [0.29, 0.717) is 0 Å². The van der Waals surface area contributed by atoms with Crippen LogP contribution in [0, 0.1) is 22.0 Å². The standard InChI is InChI=1S/C7H13NO3/c1-5(2)7(6(3)9)4-8(10)11/h5,7H,4H2,1-3H3/t7-/m1/s1. The molecule has 0 spiro atoms. The van der Waals surface area contributed by atoms with Gasteiger partial charge in [-0.15, -0.1) is 0 Å². The van der Waals surface area contributed by atoms with E-state index in [4.69, 9.17) is 0 Å². The molecule has 64 valence electrons. The van der Waals surface area contributed by atoms with Crippen LogP contribution in [0.3, 0.4) is 0 Å². The number of carbonyl (C=O) groups is 1. The fourth-order valence-corrected chi connectivity index (χ4v) is 0.969. The van der Waals surface area contributed by atoms with Gasteiger partial charge in [-0.25, -0.2) is 0 Å². The van der Waals surface area contributed by atoms with Crippen molar-refractivity contribution in [3.05, 3.63) is 10.1 Å². The molecule has 0 fully saturated rings. The minimum absolute atomic E-state index is 0.0536. The number of nitro groups is 1. The molecule has 0 aliphatic rings. The van der Waals surface area contributed by atoms with Crippen LogP contribution in [0.5, 0.6) is 0 Å². The van der Waals surface area contributed by atoms with E-state index >= 15 is 0 Å². The van der Waals surface area contributed by atoms with Gasteiger partial charge in [-0.3, -0.25) is 14.9 Å². The van der Waals surface area contributed by atoms with Crippen LogP contribution < -0.4 is 0 Å². The summed E-state index contributed by atoms with van der Waals surface area (Å²) in [5.41, 5.74) is 0. The van der Waals surface area contributed by atoms with Gasteiger partial charge in [0.05, 0.1) is 5.92 Å². The molecule has 4 heteroatoms. The van der Waals surface area contributed by atoms with E-state index in [1.165, 1.54) is 6.92 Å². The van der Waals surface area contributed by atoms with Crippen molar-refractivity contribution in [1.29, 1.82) is 0 Å². The Balaban J connectivity index is 4.12. The summed E-state index contributed by atoms with van der Waals surface area (Å²) in [4.78, 5) is 20.4. The fourth-order valence-electron chi connectivity index (χ4n) is 0.969. The molecule has 1 atom stereocenters. The number of hydrogen-bond acceptors (Lipinski definition) is 3. The van der Waals surface area contributed by atoms with Crippen LogP contribution >= 0.6 is 0 Å². The third kappa shape index (κ3) is 3.70. The Hall–Kier alpha value is -0.930. The van der Waals surface area contributed by atoms with Crippen molar-refractivity contribution in [2.45, 2.75) is 20.8 Å². The molecule has 0 bridgehead atoms. The quantitative estimate of drug-likeness (QED) is 0.456. The van der Waals surface area contributed by atoms with Gasteiger partial charge in [0.25, 0.3) is 0 Å². The van der Waals surface area contributed by atoms with Gasteiger partial charge < -0.3 is 0 Å². The molecule has 0 radical (unpaired) electrons. The van der Waals surface area contributed by atoms with Gasteiger partial charge in [0.2, 0.25) is 6.54 Å². The first-order valence-electron chi connectivity index (χ1n) is 3.57. The third-order valence-corrected chi connectivity index (χ3v) is 1.67. The van der Waals surface area contributed by atoms with Crippen LogP contribution in [0.1, 0.15) is 20.8 Å². The second-order valence-corrected chi connectivity index (χ2v) is 2.98. The van der Waals surface area contributed by atoms with E-state index in [0.717, 1.165) is 0 Å². The van der Waals surface area contributed by atoms with Crippen molar-refractivity contribution >= 4 is 5.78 Å². The van der Waals surface area contributed by atoms with Crippen molar-refractivity contribution in [2.75, 3.05) is 6.54 Å². The van der Waals surface area contributed by atoms with Gasteiger partial charge in [-0.2, -0.15) is 0 Å². The predicted molar refractivity (Wildman–Crippen MR) is 40.9 cm³/mol. The van der Waals surface area contributed by atoms with Crippen LogP contribution in [0.4, 0.5) is 0 Å². The molecule has 0 aliphatic heterocycles. The van der Waals surface area contributed by atoms with Crippen molar-refractivity contribution in [2.24, 2.45) is 11.8 Å². The zero-order valence-corrected chi connectivity index (χ0v) is 7.03. The van der Waals surface area contributed by atoms with Crippen LogP contribution in [0.15, 0.2) is 0 Å². The maximum atomic E-state index is 10.8. The highest BCUT2D eigenvalue weighted by atomic mass is 16.6. The molecule has 0 aromatic rings. The Morgan fingerprint density at radius 3 is 2.09 bits per heavy atom. The molecule has 0 saturated carbocycles. The molecule has 0 aromatic heterocycles. The highest BCUT2D eigenvalue weighted by Crippen LogP contribution is 2.11. The largest absolute Gasteiger partial charge is 0.299 e. The van der Waals surface area contributed by atoms with E-state index in [-0.39, 0.29) is 18.2 Å². The zero-order chi connectivity index (χ0) is 9.02. The predicted octanol–water partition coefficient (Wildman–Crippen LogP) is 1.12. The van der Waals surface area contributed by atoms with E-state index in [9.17, 15) is 14.9 Å². The topological polar surface area (TPSA) is 60.2 Å². The first-order chi connectivity index (χ1) is 4.95. The Morgan fingerprint density at radius 1 is 1.55 bits per heavy atom. The maximum absolute atomic E-state index is 10.8. The van der Waals surface area contributed by atoms with Gasteiger partial charge in [0.1, 0.15) is 5.78 Å². The van der Waals surface area contributed by atoms with E-state index in [2.05, 4.69) is 0 Å². The zero-order valence-electron chi connectivity index (χ0n) is 7.03. The lowest BCUT2D eigenvalue weighted by molar-refractivity contribution is -0.486. The SMILES string of the molecule is CC(=O)[C@H](C[N+](=O)[O-])C(C)C. The van der Waals surface area contributed by atoms with Crippen LogP contribution in [-0.2, 0) is 4.79 Å². The molecule has 0 rings (SSSR count). The minimum Gasteiger partial charge on any atom is -0.299 e. The monoisotopic (exact) mass is 159 g/mol. The highest BCUT2D eigenvalue weighted by molar-refractivity contribution is 5.78. The number of nitrogens with zero attached hydrogens (tertiary/aromatic N) is 1. The molecule has 0 saturated heterocycles. The molecule has 0 aromatic carbocycles. The van der Waals surface area contributed by atoms with Gasteiger partial charge in [0, 0.05) is 4.92 Å². The molecular weight excluding hydrogens is 146 g/mol. The summed E-state index contributed by atoms with van der Waals surface area (Å²) in [6.45, 7) is 4.78. The molecule has 0 N–H and O–H groups in total. The summed E-state index contributed by atoms with van der Waals surface area (Å²) < 4.78 is 0. The third-order valence-electron chi connectivity index (χ3n) is 1.67. The minimum atomic E-state index is -0.438. The van der Waals surface area contributed by atoms with Gasteiger partial charge in [-0.05, 0) is 12.8 Å². The van der Waals surface area contributed by atoms with E-state index in [1.807, 2.05) is 13.8 Å². The Bertz CT molecular complexity index is 165. The summed E-state index contributed by atoms with van der Waals surface area (Å²) in [6.07, 6.45) is 0. The normalized spacial score (nSPS) is 13.1. The van der Waals surface area contributed by atoms with Crippen molar-refractivity contribution in [3.8, 4) is 0 Å².